The number of rotatable bonds is 4. The Kier molecular flexibility index (Phi) is 3.27. The summed E-state index contributed by atoms with van der Waals surface area (Å²) < 4.78 is 5.38. The van der Waals surface area contributed by atoms with Crippen LogP contribution in [0.15, 0.2) is 28.4 Å². The third-order valence-corrected chi connectivity index (χ3v) is 2.94. The fraction of sp³-hybridized carbons (Fsp3) is 0.538. The molecule has 0 saturated carbocycles. The third kappa shape index (κ3) is 2.32. The van der Waals surface area contributed by atoms with E-state index in [4.69, 9.17) is 4.42 Å². The molecule has 1 atom stereocenters. The second-order valence-electron chi connectivity index (χ2n) is 4.15. The van der Waals surface area contributed by atoms with Gasteiger partial charge in [0.25, 0.3) is 0 Å². The molecule has 1 aromatic heterocycles. The molecule has 2 heteroatoms. The number of hydrogen-bond acceptors (Lipinski definition) is 2. The molecule has 0 bridgehead atoms. The van der Waals surface area contributed by atoms with E-state index in [9.17, 15) is 0 Å². The molecule has 1 N–H and O–H groups in total. The van der Waals surface area contributed by atoms with Gasteiger partial charge >= 0.3 is 0 Å². The van der Waals surface area contributed by atoms with Crippen molar-refractivity contribution in [1.29, 1.82) is 0 Å². The Balaban J connectivity index is 2.18. The Morgan fingerprint density at radius 3 is 2.93 bits per heavy atom. The standard InChI is InChI=1S/C13H19NO/c1-3-14-13(11-6-4-5-7-11)12-8-10(2)15-9-12/h6,8-9,13-14H,3-5,7H2,1-2H3. The highest BCUT2D eigenvalue weighted by atomic mass is 16.3. The Morgan fingerprint density at radius 2 is 2.40 bits per heavy atom. The molecule has 2 rings (SSSR count). The molecule has 0 radical (unpaired) electrons. The van der Waals surface area contributed by atoms with Crippen LogP contribution in [0.4, 0.5) is 0 Å². The fourth-order valence-corrected chi connectivity index (χ4v) is 2.24. The minimum absolute atomic E-state index is 0.370. The summed E-state index contributed by atoms with van der Waals surface area (Å²) in [6, 6.07) is 2.50. The van der Waals surface area contributed by atoms with Gasteiger partial charge in [-0.2, -0.15) is 0 Å². The van der Waals surface area contributed by atoms with Gasteiger partial charge in [0.15, 0.2) is 0 Å². The first-order chi connectivity index (χ1) is 7.31. The zero-order valence-corrected chi connectivity index (χ0v) is 9.55. The van der Waals surface area contributed by atoms with Crippen LogP contribution in [0.3, 0.4) is 0 Å². The SMILES string of the molecule is CCNC(C1=CCCC1)c1coc(C)c1. The van der Waals surface area contributed by atoms with Crippen LogP contribution in [-0.4, -0.2) is 6.54 Å². The first-order valence-corrected chi connectivity index (χ1v) is 5.78. The van der Waals surface area contributed by atoms with E-state index in [1.165, 1.54) is 30.4 Å². The highest BCUT2D eigenvalue weighted by Crippen LogP contribution is 2.31. The van der Waals surface area contributed by atoms with Crippen LogP contribution in [0.1, 0.15) is 43.6 Å². The molecule has 0 spiro atoms. The fourth-order valence-electron chi connectivity index (χ4n) is 2.24. The minimum atomic E-state index is 0.370. The van der Waals surface area contributed by atoms with E-state index in [0.717, 1.165) is 12.3 Å². The van der Waals surface area contributed by atoms with Crippen LogP contribution in [0, 0.1) is 6.92 Å². The Labute approximate surface area is 91.4 Å². The Bertz CT molecular complexity index is 351. The number of furan rings is 1. The van der Waals surface area contributed by atoms with Gasteiger partial charge in [0.05, 0.1) is 12.3 Å². The summed E-state index contributed by atoms with van der Waals surface area (Å²) in [5, 5.41) is 3.53. The van der Waals surface area contributed by atoms with Crippen LogP contribution in [0.25, 0.3) is 0 Å². The Morgan fingerprint density at radius 1 is 1.53 bits per heavy atom. The highest BCUT2D eigenvalue weighted by Gasteiger charge is 2.19. The maximum atomic E-state index is 5.38. The van der Waals surface area contributed by atoms with Gasteiger partial charge in [0.2, 0.25) is 0 Å². The largest absolute Gasteiger partial charge is 0.469 e. The van der Waals surface area contributed by atoms with Gasteiger partial charge in [-0.1, -0.05) is 18.6 Å². The molecule has 0 aromatic carbocycles. The van der Waals surface area contributed by atoms with Crippen molar-refractivity contribution in [3.8, 4) is 0 Å². The molecule has 0 saturated heterocycles. The maximum absolute atomic E-state index is 5.38. The van der Waals surface area contributed by atoms with E-state index in [1.54, 1.807) is 0 Å². The van der Waals surface area contributed by atoms with Crippen molar-refractivity contribution < 1.29 is 4.42 Å². The molecule has 82 valence electrons. The average Bonchev–Trinajstić information content (AvgIpc) is 2.85. The van der Waals surface area contributed by atoms with Gasteiger partial charge in [-0.3, -0.25) is 0 Å². The summed E-state index contributed by atoms with van der Waals surface area (Å²) >= 11 is 0. The van der Waals surface area contributed by atoms with Gasteiger partial charge in [-0.05, 0) is 38.8 Å². The monoisotopic (exact) mass is 205 g/mol. The molecular weight excluding hydrogens is 186 g/mol. The molecule has 0 amide bonds. The molecule has 1 heterocycles. The average molecular weight is 205 g/mol. The van der Waals surface area contributed by atoms with Gasteiger partial charge in [-0.15, -0.1) is 0 Å². The third-order valence-electron chi connectivity index (χ3n) is 2.94. The van der Waals surface area contributed by atoms with Crippen LogP contribution < -0.4 is 5.32 Å². The van der Waals surface area contributed by atoms with Gasteiger partial charge in [-0.25, -0.2) is 0 Å². The molecular formula is C13H19NO. The number of likely N-dealkylation sites (N-methyl/N-ethyl adjacent to an activating group) is 1. The maximum Gasteiger partial charge on any atom is 0.101 e. The van der Waals surface area contributed by atoms with Crippen molar-refractivity contribution >= 4 is 0 Å². The summed E-state index contributed by atoms with van der Waals surface area (Å²) in [4.78, 5) is 0. The summed E-state index contributed by atoms with van der Waals surface area (Å²) in [5.41, 5.74) is 2.79. The van der Waals surface area contributed by atoms with Crippen LogP contribution in [0.5, 0.6) is 0 Å². The molecule has 15 heavy (non-hydrogen) atoms. The number of allylic oxidation sites excluding steroid dienone is 1. The van der Waals surface area contributed by atoms with E-state index in [0.29, 0.717) is 6.04 Å². The zero-order valence-electron chi connectivity index (χ0n) is 9.55. The van der Waals surface area contributed by atoms with Crippen molar-refractivity contribution in [2.75, 3.05) is 6.54 Å². The summed E-state index contributed by atoms with van der Waals surface area (Å²) in [6.07, 6.45) is 8.00. The molecule has 1 aromatic rings. The number of hydrogen-bond donors (Lipinski definition) is 1. The van der Waals surface area contributed by atoms with E-state index in [1.807, 2.05) is 13.2 Å². The summed E-state index contributed by atoms with van der Waals surface area (Å²) in [5.74, 6) is 0.992. The van der Waals surface area contributed by atoms with Gasteiger partial charge in [0, 0.05) is 5.56 Å². The molecule has 1 aliphatic carbocycles. The van der Waals surface area contributed by atoms with E-state index in [-0.39, 0.29) is 0 Å². The van der Waals surface area contributed by atoms with E-state index in [2.05, 4.69) is 24.4 Å². The lowest BCUT2D eigenvalue weighted by atomic mass is 10.0. The molecule has 2 nitrogen and oxygen atoms in total. The van der Waals surface area contributed by atoms with Crippen molar-refractivity contribution in [3.05, 3.63) is 35.3 Å². The van der Waals surface area contributed by atoms with Gasteiger partial charge in [0.1, 0.15) is 5.76 Å². The lowest BCUT2D eigenvalue weighted by Crippen LogP contribution is -2.21. The molecule has 1 unspecified atom stereocenters. The Hall–Kier alpha value is -1.02. The lowest BCUT2D eigenvalue weighted by Gasteiger charge is -2.17. The first-order valence-electron chi connectivity index (χ1n) is 5.78. The number of nitrogens with one attached hydrogen (secondary N) is 1. The molecule has 0 fully saturated rings. The zero-order chi connectivity index (χ0) is 10.7. The van der Waals surface area contributed by atoms with Gasteiger partial charge < -0.3 is 9.73 Å². The van der Waals surface area contributed by atoms with Crippen LogP contribution in [0.2, 0.25) is 0 Å². The molecule has 0 aliphatic heterocycles. The minimum Gasteiger partial charge on any atom is -0.469 e. The highest BCUT2D eigenvalue weighted by molar-refractivity contribution is 5.28. The predicted octanol–water partition coefficient (Wildman–Crippen LogP) is 3.35. The van der Waals surface area contributed by atoms with Crippen LogP contribution in [-0.2, 0) is 0 Å². The van der Waals surface area contributed by atoms with Crippen LogP contribution >= 0.6 is 0 Å². The van der Waals surface area contributed by atoms with Crippen molar-refractivity contribution in [3.63, 3.8) is 0 Å². The van der Waals surface area contributed by atoms with Crippen molar-refractivity contribution in [1.82, 2.24) is 5.32 Å². The molecule has 1 aliphatic rings. The smallest absolute Gasteiger partial charge is 0.101 e. The lowest BCUT2D eigenvalue weighted by molar-refractivity contribution is 0.523. The first kappa shape index (κ1) is 10.5. The second kappa shape index (κ2) is 4.67. The second-order valence-corrected chi connectivity index (χ2v) is 4.15. The quantitative estimate of drug-likeness (QED) is 0.762. The van der Waals surface area contributed by atoms with Crippen molar-refractivity contribution in [2.24, 2.45) is 0 Å². The van der Waals surface area contributed by atoms with E-state index < -0.39 is 0 Å². The van der Waals surface area contributed by atoms with E-state index >= 15 is 0 Å². The summed E-state index contributed by atoms with van der Waals surface area (Å²) in [6.45, 7) is 5.14. The normalized spacial score (nSPS) is 17.9. The topological polar surface area (TPSA) is 25.2 Å². The predicted molar refractivity (Wildman–Crippen MR) is 61.8 cm³/mol. The number of aryl methyl sites for hydroxylation is 1. The van der Waals surface area contributed by atoms with Crippen molar-refractivity contribution in [2.45, 2.75) is 39.2 Å². The summed E-state index contributed by atoms with van der Waals surface area (Å²) in [7, 11) is 0.